The van der Waals surface area contributed by atoms with Gasteiger partial charge in [0, 0.05) is 50.1 Å². The van der Waals surface area contributed by atoms with Crippen LogP contribution in [-0.2, 0) is 17.8 Å². The van der Waals surface area contributed by atoms with Crippen molar-refractivity contribution < 1.29 is 9.32 Å². The summed E-state index contributed by atoms with van der Waals surface area (Å²) in [7, 11) is 0. The summed E-state index contributed by atoms with van der Waals surface area (Å²) in [5.74, 6) is 0.163. The molecule has 6 nitrogen and oxygen atoms in total. The van der Waals surface area contributed by atoms with E-state index in [2.05, 4.69) is 20.4 Å². The zero-order valence-electron chi connectivity index (χ0n) is 13.9. The molecule has 0 atom stereocenters. The Morgan fingerprint density at radius 1 is 1.33 bits per heavy atom. The number of aromatic nitrogens is 2. The van der Waals surface area contributed by atoms with Crippen LogP contribution in [0.1, 0.15) is 28.4 Å². The molecule has 0 saturated carbocycles. The summed E-state index contributed by atoms with van der Waals surface area (Å²) in [6.07, 6.45) is 1.01. The molecule has 0 spiro atoms. The van der Waals surface area contributed by atoms with Crippen LogP contribution in [0, 0.1) is 13.8 Å². The number of hydrogen-bond acceptors (Lipinski definition) is 6. The normalized spacial score (nSPS) is 15.9. The zero-order valence-corrected chi connectivity index (χ0v) is 15.5. The molecule has 1 saturated heterocycles. The third-order valence-corrected chi connectivity index (χ3v) is 5.42. The molecule has 2 aromatic rings. The number of piperazine rings is 1. The van der Waals surface area contributed by atoms with Crippen LogP contribution in [0.2, 0.25) is 5.22 Å². The van der Waals surface area contributed by atoms with Gasteiger partial charge in [0.2, 0.25) is 11.1 Å². The Hall–Kier alpha value is -1.44. The summed E-state index contributed by atoms with van der Waals surface area (Å²) in [5.41, 5.74) is 2.72. The highest BCUT2D eigenvalue weighted by Crippen LogP contribution is 2.21. The van der Waals surface area contributed by atoms with Crippen LogP contribution in [0.25, 0.3) is 0 Å². The number of hydrogen-bond donors (Lipinski definition) is 0. The first-order valence-corrected chi connectivity index (χ1v) is 9.30. The van der Waals surface area contributed by atoms with E-state index in [1.54, 1.807) is 11.3 Å². The quantitative estimate of drug-likeness (QED) is 0.811. The highest BCUT2D eigenvalue weighted by molar-refractivity contribution is 7.09. The van der Waals surface area contributed by atoms with Crippen LogP contribution in [0.15, 0.2) is 9.90 Å². The number of carbonyl (C=O) groups is 1. The number of amides is 1. The number of halogens is 1. The lowest BCUT2D eigenvalue weighted by Crippen LogP contribution is -2.48. The second-order valence-corrected chi connectivity index (χ2v) is 7.44. The number of rotatable bonds is 5. The fourth-order valence-electron chi connectivity index (χ4n) is 2.90. The van der Waals surface area contributed by atoms with Gasteiger partial charge in [0.15, 0.2) is 0 Å². The molecule has 130 valence electrons. The molecule has 1 aliphatic rings. The lowest BCUT2D eigenvalue weighted by atomic mass is 10.1. The van der Waals surface area contributed by atoms with E-state index in [4.69, 9.17) is 16.1 Å². The first-order valence-electron chi connectivity index (χ1n) is 8.04. The maximum atomic E-state index is 12.4. The van der Waals surface area contributed by atoms with Crippen LogP contribution < -0.4 is 0 Å². The van der Waals surface area contributed by atoms with Crippen molar-refractivity contribution in [2.75, 3.05) is 26.2 Å². The molecule has 0 N–H and O–H groups in total. The summed E-state index contributed by atoms with van der Waals surface area (Å²) >= 11 is 7.63. The summed E-state index contributed by atoms with van der Waals surface area (Å²) in [5, 5.41) is 7.32. The van der Waals surface area contributed by atoms with Gasteiger partial charge in [0.05, 0.1) is 16.4 Å². The molecule has 0 unspecified atom stereocenters. The first kappa shape index (κ1) is 17.4. The summed E-state index contributed by atoms with van der Waals surface area (Å²) < 4.78 is 4.92. The van der Waals surface area contributed by atoms with Crippen molar-refractivity contribution in [1.29, 1.82) is 0 Å². The Kier molecular flexibility index (Phi) is 5.53. The van der Waals surface area contributed by atoms with Crippen molar-refractivity contribution in [2.45, 2.75) is 33.2 Å². The second kappa shape index (κ2) is 7.63. The molecule has 0 aromatic carbocycles. The number of nitrogens with zero attached hydrogens (tertiary/aromatic N) is 4. The van der Waals surface area contributed by atoms with Gasteiger partial charge < -0.3 is 9.42 Å². The minimum Gasteiger partial charge on any atom is -0.344 e. The Labute approximate surface area is 150 Å². The highest BCUT2D eigenvalue weighted by atomic mass is 35.5. The average molecular weight is 369 g/mol. The number of carbonyl (C=O) groups excluding carboxylic acids is 1. The van der Waals surface area contributed by atoms with E-state index < -0.39 is 0 Å². The van der Waals surface area contributed by atoms with Gasteiger partial charge in [-0.1, -0.05) is 5.16 Å². The summed E-state index contributed by atoms with van der Waals surface area (Å²) in [4.78, 5) is 21.2. The highest BCUT2D eigenvalue weighted by Gasteiger charge is 2.22. The van der Waals surface area contributed by atoms with Crippen molar-refractivity contribution in [1.82, 2.24) is 19.9 Å². The van der Waals surface area contributed by atoms with Crippen molar-refractivity contribution in [3.8, 4) is 0 Å². The monoisotopic (exact) mass is 368 g/mol. The molecule has 0 radical (unpaired) electrons. The fourth-order valence-corrected chi connectivity index (χ4v) is 3.77. The Balaban J connectivity index is 1.45. The molecule has 3 rings (SSSR count). The van der Waals surface area contributed by atoms with Crippen LogP contribution in [0.5, 0.6) is 0 Å². The number of aryl methyl sites for hydroxylation is 2. The Morgan fingerprint density at radius 2 is 2.08 bits per heavy atom. The predicted octanol–water partition coefficient (Wildman–Crippen LogP) is 2.68. The van der Waals surface area contributed by atoms with Crippen LogP contribution in [0.3, 0.4) is 0 Å². The van der Waals surface area contributed by atoms with E-state index in [0.717, 1.165) is 54.7 Å². The zero-order chi connectivity index (χ0) is 17.1. The van der Waals surface area contributed by atoms with E-state index >= 15 is 0 Å². The molecule has 0 bridgehead atoms. The van der Waals surface area contributed by atoms with E-state index in [1.807, 2.05) is 18.7 Å². The maximum Gasteiger partial charge on any atom is 0.229 e. The van der Waals surface area contributed by atoms with E-state index in [-0.39, 0.29) is 5.91 Å². The smallest absolute Gasteiger partial charge is 0.229 e. The SMILES string of the molecule is Cc1nc(CN2CCN(C(=O)CCc3c(C)noc3Cl)CC2)cs1. The topological polar surface area (TPSA) is 62.5 Å². The summed E-state index contributed by atoms with van der Waals surface area (Å²) in [6, 6.07) is 0. The number of thiazole rings is 1. The van der Waals surface area contributed by atoms with Gasteiger partial charge in [-0.05, 0) is 31.9 Å². The molecule has 3 heterocycles. The Bertz CT molecular complexity index is 687. The predicted molar refractivity (Wildman–Crippen MR) is 93.3 cm³/mol. The lowest BCUT2D eigenvalue weighted by molar-refractivity contribution is -0.133. The van der Waals surface area contributed by atoms with Crippen molar-refractivity contribution >= 4 is 28.8 Å². The molecule has 8 heteroatoms. The standard InChI is InChI=1S/C16H21ClN4O2S/c1-11-14(16(17)23-19-11)3-4-15(22)21-7-5-20(6-8-21)9-13-10-24-12(2)18-13/h10H,3-9H2,1-2H3. The van der Waals surface area contributed by atoms with Gasteiger partial charge in [-0.3, -0.25) is 9.69 Å². The molecule has 1 amide bonds. The van der Waals surface area contributed by atoms with Gasteiger partial charge >= 0.3 is 0 Å². The van der Waals surface area contributed by atoms with Gasteiger partial charge in [0.1, 0.15) is 0 Å². The van der Waals surface area contributed by atoms with Crippen molar-refractivity contribution in [3.05, 3.63) is 32.6 Å². The second-order valence-electron chi connectivity index (χ2n) is 6.04. The van der Waals surface area contributed by atoms with Crippen molar-refractivity contribution in [3.63, 3.8) is 0 Å². The van der Waals surface area contributed by atoms with Crippen LogP contribution in [0.4, 0.5) is 0 Å². The third kappa shape index (κ3) is 4.15. The molecule has 0 aliphatic carbocycles. The molecule has 2 aromatic heterocycles. The van der Waals surface area contributed by atoms with E-state index in [9.17, 15) is 4.79 Å². The van der Waals surface area contributed by atoms with Crippen molar-refractivity contribution in [2.24, 2.45) is 0 Å². The molecular weight excluding hydrogens is 348 g/mol. The molecule has 24 heavy (non-hydrogen) atoms. The Morgan fingerprint density at radius 3 is 2.67 bits per heavy atom. The minimum absolute atomic E-state index is 0.163. The van der Waals surface area contributed by atoms with Gasteiger partial charge in [-0.15, -0.1) is 11.3 Å². The fraction of sp³-hybridized carbons (Fsp3) is 0.562. The lowest BCUT2D eigenvalue weighted by Gasteiger charge is -2.34. The van der Waals surface area contributed by atoms with Gasteiger partial charge in [-0.2, -0.15) is 0 Å². The molecule has 1 aliphatic heterocycles. The first-order chi connectivity index (χ1) is 11.5. The minimum atomic E-state index is 0.163. The largest absolute Gasteiger partial charge is 0.344 e. The molecular formula is C16H21ClN4O2S. The average Bonchev–Trinajstić information content (AvgIpc) is 3.12. The van der Waals surface area contributed by atoms with Gasteiger partial charge in [0.25, 0.3) is 0 Å². The maximum absolute atomic E-state index is 12.4. The molecule has 1 fully saturated rings. The van der Waals surface area contributed by atoms with E-state index in [1.165, 1.54) is 0 Å². The van der Waals surface area contributed by atoms with Crippen LogP contribution in [-0.4, -0.2) is 52.0 Å². The summed E-state index contributed by atoms with van der Waals surface area (Å²) in [6.45, 7) is 8.02. The third-order valence-electron chi connectivity index (χ3n) is 4.30. The van der Waals surface area contributed by atoms with E-state index in [0.29, 0.717) is 18.1 Å². The van der Waals surface area contributed by atoms with Gasteiger partial charge in [-0.25, -0.2) is 4.98 Å². The van der Waals surface area contributed by atoms with Crippen LogP contribution >= 0.6 is 22.9 Å².